The molecule has 0 unspecified atom stereocenters. The highest BCUT2D eigenvalue weighted by molar-refractivity contribution is 9.10. The fourth-order valence-electron chi connectivity index (χ4n) is 2.54. The Kier molecular flexibility index (Phi) is 4.19. The average molecular weight is 325 g/mol. The van der Waals surface area contributed by atoms with Gasteiger partial charge in [0.2, 0.25) is 0 Å². The molecule has 104 valence electrons. The zero-order valence-corrected chi connectivity index (χ0v) is 13.2. The summed E-state index contributed by atoms with van der Waals surface area (Å²) in [7, 11) is 0. The molecule has 0 bridgehead atoms. The Morgan fingerprint density at radius 2 is 2.00 bits per heavy atom. The van der Waals surface area contributed by atoms with Gasteiger partial charge in [-0.25, -0.2) is 0 Å². The number of benzene rings is 1. The lowest BCUT2D eigenvalue weighted by Crippen LogP contribution is -2.32. The third kappa shape index (κ3) is 3.72. The molecule has 1 amide bonds. The largest absolute Gasteiger partial charge is 0.399 e. The Hall–Kier alpha value is -1.03. The highest BCUT2D eigenvalue weighted by Gasteiger charge is 2.26. The molecule has 2 rings (SSSR count). The van der Waals surface area contributed by atoms with Gasteiger partial charge in [0.15, 0.2) is 0 Å². The Morgan fingerprint density at radius 3 is 2.68 bits per heavy atom. The topological polar surface area (TPSA) is 46.3 Å². The van der Waals surface area contributed by atoms with E-state index < -0.39 is 0 Å². The Labute approximate surface area is 123 Å². The van der Waals surface area contributed by atoms with E-state index >= 15 is 0 Å². The van der Waals surface area contributed by atoms with Gasteiger partial charge in [-0.1, -0.05) is 29.8 Å². The van der Waals surface area contributed by atoms with Crippen LogP contribution in [-0.2, 0) is 0 Å². The van der Waals surface area contributed by atoms with Gasteiger partial charge in [0.25, 0.3) is 5.91 Å². The van der Waals surface area contributed by atoms with Crippen molar-refractivity contribution in [1.82, 2.24) is 4.90 Å². The first-order valence-corrected chi connectivity index (χ1v) is 7.52. The summed E-state index contributed by atoms with van der Waals surface area (Å²) in [6.45, 7) is 6.23. The van der Waals surface area contributed by atoms with Gasteiger partial charge in [-0.05, 0) is 42.9 Å². The molecule has 0 saturated carbocycles. The second-order valence-electron chi connectivity index (χ2n) is 6.08. The lowest BCUT2D eigenvalue weighted by atomic mass is 9.85. The zero-order valence-electron chi connectivity index (χ0n) is 11.6. The van der Waals surface area contributed by atoms with Crippen LogP contribution in [0.25, 0.3) is 0 Å². The molecule has 0 aromatic heterocycles. The molecule has 1 fully saturated rings. The number of carbonyl (C=O) groups excluding carboxylic acids is 1. The van der Waals surface area contributed by atoms with E-state index in [0.29, 0.717) is 16.7 Å². The zero-order chi connectivity index (χ0) is 14.0. The van der Waals surface area contributed by atoms with Gasteiger partial charge in [0.05, 0.1) is 0 Å². The summed E-state index contributed by atoms with van der Waals surface area (Å²) in [5.41, 5.74) is 7.43. The average Bonchev–Trinajstić information content (AvgIpc) is 2.48. The van der Waals surface area contributed by atoms with Gasteiger partial charge in [-0.15, -0.1) is 0 Å². The molecular weight excluding hydrogens is 304 g/mol. The number of halogens is 1. The van der Waals surface area contributed by atoms with Crippen molar-refractivity contribution in [2.24, 2.45) is 5.41 Å². The predicted molar refractivity (Wildman–Crippen MR) is 82.1 cm³/mol. The van der Waals surface area contributed by atoms with E-state index in [4.69, 9.17) is 5.73 Å². The van der Waals surface area contributed by atoms with Gasteiger partial charge in [0, 0.05) is 28.8 Å². The van der Waals surface area contributed by atoms with Crippen molar-refractivity contribution in [2.75, 3.05) is 18.8 Å². The lowest BCUT2D eigenvalue weighted by Gasteiger charge is -2.23. The van der Waals surface area contributed by atoms with Crippen molar-refractivity contribution in [2.45, 2.75) is 33.1 Å². The summed E-state index contributed by atoms with van der Waals surface area (Å²) in [4.78, 5) is 14.5. The standard InChI is InChI=1S/C15H21BrN2O/c1-15(2)4-3-6-18(7-5-15)14(19)11-8-12(16)10-13(17)9-11/h8-10H,3-7,17H2,1-2H3. The number of likely N-dealkylation sites (tertiary alicyclic amines) is 1. The van der Waals surface area contributed by atoms with Crippen LogP contribution in [0.3, 0.4) is 0 Å². The molecule has 1 saturated heterocycles. The van der Waals surface area contributed by atoms with Gasteiger partial charge in [0.1, 0.15) is 0 Å². The molecule has 3 nitrogen and oxygen atoms in total. The maximum Gasteiger partial charge on any atom is 0.253 e. The van der Waals surface area contributed by atoms with Crippen LogP contribution in [0.2, 0.25) is 0 Å². The summed E-state index contributed by atoms with van der Waals surface area (Å²) in [6.07, 6.45) is 3.31. The molecule has 1 aromatic carbocycles. The SMILES string of the molecule is CC1(C)CCCN(C(=O)c2cc(N)cc(Br)c2)CC1. The molecule has 2 N–H and O–H groups in total. The highest BCUT2D eigenvalue weighted by atomic mass is 79.9. The molecule has 1 aliphatic heterocycles. The van der Waals surface area contributed by atoms with Crippen LogP contribution in [0.1, 0.15) is 43.5 Å². The van der Waals surface area contributed by atoms with Crippen LogP contribution >= 0.6 is 15.9 Å². The number of amides is 1. The molecule has 0 aliphatic carbocycles. The number of carbonyl (C=O) groups is 1. The van der Waals surface area contributed by atoms with Gasteiger partial charge < -0.3 is 10.6 Å². The minimum Gasteiger partial charge on any atom is -0.399 e. The molecular formula is C15H21BrN2O. The number of anilines is 1. The number of nitrogens with two attached hydrogens (primary N) is 1. The normalized spacial score (nSPS) is 19.0. The van der Waals surface area contributed by atoms with E-state index in [1.54, 1.807) is 6.07 Å². The van der Waals surface area contributed by atoms with Crippen molar-refractivity contribution >= 4 is 27.5 Å². The number of hydrogen-bond donors (Lipinski definition) is 1. The Balaban J connectivity index is 2.15. The smallest absolute Gasteiger partial charge is 0.253 e. The fourth-order valence-corrected chi connectivity index (χ4v) is 3.06. The van der Waals surface area contributed by atoms with E-state index in [1.807, 2.05) is 17.0 Å². The molecule has 0 radical (unpaired) electrons. The van der Waals surface area contributed by atoms with E-state index in [0.717, 1.165) is 30.4 Å². The molecule has 1 aromatic rings. The van der Waals surface area contributed by atoms with Crippen LogP contribution in [0.5, 0.6) is 0 Å². The second kappa shape index (κ2) is 5.53. The molecule has 1 heterocycles. The minimum absolute atomic E-state index is 0.0886. The lowest BCUT2D eigenvalue weighted by molar-refractivity contribution is 0.0757. The maximum atomic E-state index is 12.5. The van der Waals surface area contributed by atoms with Crippen LogP contribution in [0.4, 0.5) is 5.69 Å². The molecule has 0 atom stereocenters. The number of nitrogen functional groups attached to an aromatic ring is 1. The van der Waals surface area contributed by atoms with Crippen molar-refractivity contribution in [3.05, 3.63) is 28.2 Å². The van der Waals surface area contributed by atoms with Crippen molar-refractivity contribution in [1.29, 1.82) is 0 Å². The Morgan fingerprint density at radius 1 is 1.26 bits per heavy atom. The first-order valence-electron chi connectivity index (χ1n) is 6.73. The predicted octanol–water partition coefficient (Wildman–Crippen LogP) is 3.68. The molecule has 1 aliphatic rings. The summed E-state index contributed by atoms with van der Waals surface area (Å²) in [6, 6.07) is 5.40. The second-order valence-corrected chi connectivity index (χ2v) is 7.00. The van der Waals surface area contributed by atoms with Crippen molar-refractivity contribution in [3.63, 3.8) is 0 Å². The quantitative estimate of drug-likeness (QED) is 0.801. The van der Waals surface area contributed by atoms with Crippen LogP contribution < -0.4 is 5.73 Å². The van der Waals surface area contributed by atoms with E-state index in [9.17, 15) is 4.79 Å². The summed E-state index contributed by atoms with van der Waals surface area (Å²) >= 11 is 3.39. The Bertz CT molecular complexity index is 465. The highest BCUT2D eigenvalue weighted by Crippen LogP contribution is 2.30. The van der Waals surface area contributed by atoms with E-state index in [2.05, 4.69) is 29.8 Å². The van der Waals surface area contributed by atoms with Crippen LogP contribution in [-0.4, -0.2) is 23.9 Å². The number of rotatable bonds is 1. The molecule has 0 spiro atoms. The van der Waals surface area contributed by atoms with Gasteiger partial charge in [-0.3, -0.25) is 4.79 Å². The first-order chi connectivity index (χ1) is 8.87. The van der Waals surface area contributed by atoms with Crippen LogP contribution in [0, 0.1) is 5.41 Å². The monoisotopic (exact) mass is 324 g/mol. The third-order valence-corrected chi connectivity index (χ3v) is 4.25. The summed E-state index contributed by atoms with van der Waals surface area (Å²) < 4.78 is 0.853. The fraction of sp³-hybridized carbons (Fsp3) is 0.533. The minimum atomic E-state index is 0.0886. The van der Waals surface area contributed by atoms with Crippen molar-refractivity contribution < 1.29 is 4.79 Å². The van der Waals surface area contributed by atoms with Crippen molar-refractivity contribution in [3.8, 4) is 0 Å². The van der Waals surface area contributed by atoms with Gasteiger partial charge in [-0.2, -0.15) is 0 Å². The number of hydrogen-bond acceptors (Lipinski definition) is 2. The van der Waals surface area contributed by atoms with Crippen LogP contribution in [0.15, 0.2) is 22.7 Å². The van der Waals surface area contributed by atoms with E-state index in [1.165, 1.54) is 6.42 Å². The molecule has 19 heavy (non-hydrogen) atoms. The van der Waals surface area contributed by atoms with E-state index in [-0.39, 0.29) is 5.91 Å². The molecule has 4 heteroatoms. The first kappa shape index (κ1) is 14.4. The maximum absolute atomic E-state index is 12.5. The number of nitrogens with zero attached hydrogens (tertiary/aromatic N) is 1. The summed E-state index contributed by atoms with van der Waals surface area (Å²) in [5.74, 6) is 0.0886. The summed E-state index contributed by atoms with van der Waals surface area (Å²) in [5, 5.41) is 0. The van der Waals surface area contributed by atoms with Gasteiger partial charge >= 0.3 is 0 Å². The third-order valence-electron chi connectivity index (χ3n) is 3.79.